The number of ether oxygens (including phenoxy) is 2. The van der Waals surface area contributed by atoms with Gasteiger partial charge >= 0.3 is 0 Å². The molecular weight excluding hydrogens is 266 g/mol. The molecule has 0 spiro atoms. The van der Waals surface area contributed by atoms with Crippen molar-refractivity contribution in [1.29, 1.82) is 0 Å². The van der Waals surface area contributed by atoms with Gasteiger partial charge in [-0.15, -0.1) is 0 Å². The lowest BCUT2D eigenvalue weighted by Crippen LogP contribution is -2.24. The van der Waals surface area contributed by atoms with Gasteiger partial charge in [-0.1, -0.05) is 18.5 Å². The maximum Gasteiger partial charge on any atom is 0.165 e. The number of hydrogen-bond acceptors (Lipinski definition) is 4. The van der Waals surface area contributed by atoms with E-state index in [1.54, 1.807) is 20.1 Å². The first-order valence-corrected chi connectivity index (χ1v) is 6.84. The lowest BCUT2D eigenvalue weighted by molar-refractivity contribution is 0.190. The molecule has 0 saturated heterocycles. The summed E-state index contributed by atoms with van der Waals surface area (Å²) in [7, 11) is 1.59. The summed E-state index contributed by atoms with van der Waals surface area (Å²) in [6.45, 7) is 5.50. The number of nitrogens with one attached hydrogen (secondary N) is 1. The van der Waals surface area contributed by atoms with Crippen LogP contribution in [0.25, 0.3) is 0 Å². The highest BCUT2D eigenvalue weighted by Crippen LogP contribution is 2.34. The highest BCUT2D eigenvalue weighted by Gasteiger charge is 2.12. The zero-order valence-electron chi connectivity index (χ0n) is 11.7. The van der Waals surface area contributed by atoms with E-state index in [9.17, 15) is 5.11 Å². The van der Waals surface area contributed by atoms with Crippen molar-refractivity contribution >= 4 is 11.6 Å². The third-order valence-corrected chi connectivity index (χ3v) is 2.74. The summed E-state index contributed by atoms with van der Waals surface area (Å²) in [5.74, 6) is 1.35. The molecule has 0 radical (unpaired) electrons. The highest BCUT2D eigenvalue weighted by atomic mass is 35.5. The van der Waals surface area contributed by atoms with Crippen LogP contribution in [0.3, 0.4) is 0 Å². The Balaban J connectivity index is 2.88. The molecule has 0 aliphatic carbocycles. The van der Waals surface area contributed by atoms with E-state index in [0.29, 0.717) is 36.2 Å². The second kappa shape index (κ2) is 8.25. The summed E-state index contributed by atoms with van der Waals surface area (Å²) in [6, 6.07) is 3.59. The maximum atomic E-state index is 9.25. The Morgan fingerprint density at radius 1 is 1.42 bits per heavy atom. The first-order valence-electron chi connectivity index (χ1n) is 6.46. The second-order valence-electron chi connectivity index (χ2n) is 4.42. The zero-order valence-corrected chi connectivity index (χ0v) is 12.5. The molecule has 0 aliphatic heterocycles. The minimum absolute atomic E-state index is 0.388. The Kier molecular flexibility index (Phi) is 6.99. The van der Waals surface area contributed by atoms with Gasteiger partial charge in [-0.3, -0.25) is 0 Å². The molecule has 0 heterocycles. The number of aliphatic hydroxyl groups is 1. The van der Waals surface area contributed by atoms with Crippen molar-refractivity contribution in [3.63, 3.8) is 0 Å². The Hall–Kier alpha value is -0.970. The standard InChI is InChI=1S/C14H22ClNO3/c1-4-5-19-14-11(9-16-8-10(2)17)6-12(15)7-13(14)18-3/h6-7,10,16-17H,4-5,8-9H2,1-3H3/t10-/m0/s1. The molecule has 5 heteroatoms. The molecule has 0 fully saturated rings. The van der Waals surface area contributed by atoms with Crippen molar-refractivity contribution in [3.05, 3.63) is 22.7 Å². The molecule has 108 valence electrons. The van der Waals surface area contributed by atoms with Gasteiger partial charge in [0, 0.05) is 29.7 Å². The normalized spacial score (nSPS) is 12.3. The van der Waals surface area contributed by atoms with Crippen LogP contribution in [0.15, 0.2) is 12.1 Å². The van der Waals surface area contributed by atoms with Gasteiger partial charge < -0.3 is 19.9 Å². The van der Waals surface area contributed by atoms with Crippen molar-refractivity contribution in [1.82, 2.24) is 5.32 Å². The fourth-order valence-electron chi connectivity index (χ4n) is 1.69. The second-order valence-corrected chi connectivity index (χ2v) is 4.86. The van der Waals surface area contributed by atoms with E-state index in [4.69, 9.17) is 21.1 Å². The van der Waals surface area contributed by atoms with Crippen LogP contribution in [0.2, 0.25) is 5.02 Å². The summed E-state index contributed by atoms with van der Waals surface area (Å²) in [6.07, 6.45) is 0.535. The number of aliphatic hydroxyl groups excluding tert-OH is 1. The summed E-state index contributed by atoms with van der Waals surface area (Å²) < 4.78 is 11.0. The van der Waals surface area contributed by atoms with E-state index in [1.807, 2.05) is 13.0 Å². The van der Waals surface area contributed by atoms with Gasteiger partial charge in [0.2, 0.25) is 0 Å². The molecule has 2 N–H and O–H groups in total. The Morgan fingerprint density at radius 3 is 2.74 bits per heavy atom. The van der Waals surface area contributed by atoms with Crippen LogP contribution in [-0.4, -0.2) is 31.5 Å². The molecule has 0 amide bonds. The molecule has 1 rings (SSSR count). The largest absolute Gasteiger partial charge is 0.493 e. The molecule has 1 aromatic carbocycles. The molecule has 4 nitrogen and oxygen atoms in total. The predicted molar refractivity (Wildman–Crippen MR) is 77.2 cm³/mol. The zero-order chi connectivity index (χ0) is 14.3. The van der Waals surface area contributed by atoms with Crippen LogP contribution in [0.4, 0.5) is 0 Å². The smallest absolute Gasteiger partial charge is 0.165 e. The van der Waals surface area contributed by atoms with Crippen molar-refractivity contribution in [2.75, 3.05) is 20.3 Å². The number of rotatable bonds is 8. The Bertz CT molecular complexity index is 397. The van der Waals surface area contributed by atoms with Crippen LogP contribution >= 0.6 is 11.6 Å². The van der Waals surface area contributed by atoms with Crippen molar-refractivity contribution in [3.8, 4) is 11.5 Å². The fourth-order valence-corrected chi connectivity index (χ4v) is 1.92. The molecule has 1 aromatic rings. The molecular formula is C14H22ClNO3. The van der Waals surface area contributed by atoms with Crippen molar-refractivity contribution < 1.29 is 14.6 Å². The van der Waals surface area contributed by atoms with Gasteiger partial charge in [0.15, 0.2) is 11.5 Å². The first-order chi connectivity index (χ1) is 9.08. The van der Waals surface area contributed by atoms with Crippen LogP contribution in [0, 0.1) is 0 Å². The van der Waals surface area contributed by atoms with E-state index in [2.05, 4.69) is 5.32 Å². The molecule has 0 saturated carbocycles. The third kappa shape index (κ3) is 5.27. The number of halogens is 1. The van der Waals surface area contributed by atoms with E-state index < -0.39 is 0 Å². The summed E-state index contributed by atoms with van der Waals surface area (Å²) in [5, 5.41) is 13.0. The average molecular weight is 288 g/mol. The van der Waals surface area contributed by atoms with E-state index in [0.717, 1.165) is 12.0 Å². The fraction of sp³-hybridized carbons (Fsp3) is 0.571. The summed E-state index contributed by atoms with van der Waals surface area (Å²) in [4.78, 5) is 0. The van der Waals surface area contributed by atoms with Crippen LogP contribution < -0.4 is 14.8 Å². The quantitative estimate of drug-likeness (QED) is 0.772. The average Bonchev–Trinajstić information content (AvgIpc) is 2.36. The van der Waals surface area contributed by atoms with Crippen LogP contribution in [-0.2, 0) is 6.54 Å². The SMILES string of the molecule is CCCOc1c(CNC[C@H](C)O)cc(Cl)cc1OC. The Labute approximate surface area is 119 Å². The molecule has 1 atom stereocenters. The van der Waals surface area contributed by atoms with Gasteiger partial charge in [0.05, 0.1) is 19.8 Å². The molecule has 0 unspecified atom stereocenters. The molecule has 0 aromatic heterocycles. The Morgan fingerprint density at radius 2 is 2.16 bits per heavy atom. The lowest BCUT2D eigenvalue weighted by Gasteiger charge is -2.16. The first kappa shape index (κ1) is 16.1. The van der Waals surface area contributed by atoms with E-state index in [-0.39, 0.29) is 6.10 Å². The molecule has 19 heavy (non-hydrogen) atoms. The molecule has 0 aliphatic rings. The maximum absolute atomic E-state index is 9.25. The van der Waals surface area contributed by atoms with Crippen LogP contribution in [0.1, 0.15) is 25.8 Å². The summed E-state index contributed by atoms with van der Waals surface area (Å²) >= 11 is 6.06. The van der Waals surface area contributed by atoms with E-state index >= 15 is 0 Å². The van der Waals surface area contributed by atoms with Gasteiger partial charge in [0.1, 0.15) is 0 Å². The van der Waals surface area contributed by atoms with Gasteiger partial charge in [-0.25, -0.2) is 0 Å². The van der Waals surface area contributed by atoms with Gasteiger partial charge in [0.25, 0.3) is 0 Å². The van der Waals surface area contributed by atoms with Gasteiger partial charge in [-0.2, -0.15) is 0 Å². The monoisotopic (exact) mass is 287 g/mol. The highest BCUT2D eigenvalue weighted by molar-refractivity contribution is 6.30. The lowest BCUT2D eigenvalue weighted by atomic mass is 10.1. The minimum atomic E-state index is -0.388. The number of benzene rings is 1. The molecule has 0 bridgehead atoms. The number of methoxy groups -OCH3 is 1. The van der Waals surface area contributed by atoms with Crippen molar-refractivity contribution in [2.24, 2.45) is 0 Å². The van der Waals surface area contributed by atoms with Crippen LogP contribution in [0.5, 0.6) is 11.5 Å². The third-order valence-electron chi connectivity index (χ3n) is 2.52. The van der Waals surface area contributed by atoms with Gasteiger partial charge in [-0.05, 0) is 19.4 Å². The minimum Gasteiger partial charge on any atom is -0.493 e. The predicted octanol–water partition coefficient (Wildman–Crippen LogP) is 2.61. The van der Waals surface area contributed by atoms with E-state index in [1.165, 1.54) is 0 Å². The summed E-state index contributed by atoms with van der Waals surface area (Å²) in [5.41, 5.74) is 0.929. The van der Waals surface area contributed by atoms with Crippen molar-refractivity contribution in [2.45, 2.75) is 32.9 Å². The number of hydrogen-bond donors (Lipinski definition) is 2. The topological polar surface area (TPSA) is 50.7 Å².